The minimum Gasteiger partial charge on any atom is -0.385 e. The zero-order valence-corrected chi connectivity index (χ0v) is 7.43. The van der Waals surface area contributed by atoms with Crippen molar-refractivity contribution in [3.8, 4) is 0 Å². The first-order valence-corrected chi connectivity index (χ1v) is 4.04. The highest BCUT2D eigenvalue weighted by Crippen LogP contribution is 1.91. The van der Waals surface area contributed by atoms with Crippen LogP contribution in [0.2, 0.25) is 0 Å². The lowest BCUT2D eigenvalue weighted by atomic mass is 10.3. The number of rotatable bonds is 5. The van der Waals surface area contributed by atoms with Gasteiger partial charge in [-0.05, 0) is 25.5 Å². The Labute approximate surface area is 69.5 Å². The molecule has 0 unspecified atom stereocenters. The zero-order valence-electron chi connectivity index (χ0n) is 7.43. The molecule has 0 bridgehead atoms. The smallest absolute Gasteiger partial charge is 0.0334 e. The van der Waals surface area contributed by atoms with Gasteiger partial charge < -0.3 is 5.32 Å². The number of allylic oxidation sites excluding steroid dienone is 4. The van der Waals surface area contributed by atoms with Gasteiger partial charge >= 0.3 is 0 Å². The summed E-state index contributed by atoms with van der Waals surface area (Å²) in [4.78, 5) is 0. The van der Waals surface area contributed by atoms with Gasteiger partial charge in [-0.1, -0.05) is 25.7 Å². The SMILES string of the molecule is C=C/C(=C\C=C/C)NCCC. The van der Waals surface area contributed by atoms with Gasteiger partial charge in [0, 0.05) is 12.2 Å². The van der Waals surface area contributed by atoms with Gasteiger partial charge in [-0.25, -0.2) is 0 Å². The molecule has 1 nitrogen and oxygen atoms in total. The van der Waals surface area contributed by atoms with E-state index in [4.69, 9.17) is 0 Å². The molecule has 0 saturated carbocycles. The molecular formula is C10H17N. The lowest BCUT2D eigenvalue weighted by Gasteiger charge is -2.02. The Morgan fingerprint density at radius 1 is 1.55 bits per heavy atom. The van der Waals surface area contributed by atoms with Crippen LogP contribution in [0, 0.1) is 0 Å². The molecule has 0 aromatic carbocycles. The van der Waals surface area contributed by atoms with Gasteiger partial charge in [0.15, 0.2) is 0 Å². The fourth-order valence-corrected chi connectivity index (χ4v) is 0.668. The summed E-state index contributed by atoms with van der Waals surface area (Å²) in [6.07, 6.45) is 8.98. The van der Waals surface area contributed by atoms with Crippen LogP contribution in [0.25, 0.3) is 0 Å². The largest absolute Gasteiger partial charge is 0.385 e. The van der Waals surface area contributed by atoms with E-state index in [1.54, 1.807) is 0 Å². The molecule has 62 valence electrons. The summed E-state index contributed by atoms with van der Waals surface area (Å²) < 4.78 is 0. The molecule has 11 heavy (non-hydrogen) atoms. The van der Waals surface area contributed by atoms with Crippen LogP contribution in [0.5, 0.6) is 0 Å². The lowest BCUT2D eigenvalue weighted by Crippen LogP contribution is -2.11. The topological polar surface area (TPSA) is 12.0 Å². The molecule has 0 atom stereocenters. The summed E-state index contributed by atoms with van der Waals surface area (Å²) in [6.45, 7) is 8.85. The Morgan fingerprint density at radius 3 is 2.73 bits per heavy atom. The van der Waals surface area contributed by atoms with Crippen molar-refractivity contribution in [1.82, 2.24) is 5.32 Å². The number of nitrogens with one attached hydrogen (secondary N) is 1. The van der Waals surface area contributed by atoms with E-state index in [1.165, 1.54) is 0 Å². The monoisotopic (exact) mass is 151 g/mol. The first kappa shape index (κ1) is 10.0. The molecule has 1 N–H and O–H groups in total. The summed E-state index contributed by atoms with van der Waals surface area (Å²) in [6, 6.07) is 0. The molecule has 0 amide bonds. The third kappa shape index (κ3) is 5.46. The molecule has 0 fully saturated rings. The van der Waals surface area contributed by atoms with Crippen LogP contribution in [-0.4, -0.2) is 6.54 Å². The predicted octanol–water partition coefficient (Wildman–Crippen LogP) is 2.63. The Hall–Kier alpha value is -0.980. The van der Waals surface area contributed by atoms with E-state index in [9.17, 15) is 0 Å². The molecule has 0 aromatic rings. The summed E-state index contributed by atoms with van der Waals surface area (Å²) >= 11 is 0. The van der Waals surface area contributed by atoms with Gasteiger partial charge in [-0.3, -0.25) is 0 Å². The highest BCUT2D eigenvalue weighted by Gasteiger charge is 1.84. The van der Waals surface area contributed by atoms with Crippen molar-refractivity contribution in [1.29, 1.82) is 0 Å². The molecular weight excluding hydrogens is 134 g/mol. The van der Waals surface area contributed by atoms with Crippen LogP contribution in [0.1, 0.15) is 20.3 Å². The van der Waals surface area contributed by atoms with Crippen molar-refractivity contribution in [3.63, 3.8) is 0 Å². The summed E-state index contributed by atoms with van der Waals surface area (Å²) in [5.74, 6) is 0. The van der Waals surface area contributed by atoms with Crippen LogP contribution in [0.3, 0.4) is 0 Å². The van der Waals surface area contributed by atoms with Crippen molar-refractivity contribution in [2.24, 2.45) is 0 Å². The summed E-state index contributed by atoms with van der Waals surface area (Å²) in [5.41, 5.74) is 1.09. The van der Waals surface area contributed by atoms with Crippen LogP contribution >= 0.6 is 0 Å². The lowest BCUT2D eigenvalue weighted by molar-refractivity contribution is 0.785. The first-order valence-electron chi connectivity index (χ1n) is 4.04. The second kappa shape index (κ2) is 7.13. The summed E-state index contributed by atoms with van der Waals surface area (Å²) in [7, 11) is 0. The van der Waals surface area contributed by atoms with E-state index < -0.39 is 0 Å². The van der Waals surface area contributed by atoms with Gasteiger partial charge in [0.05, 0.1) is 0 Å². The Kier molecular flexibility index (Phi) is 6.50. The average Bonchev–Trinajstić information content (AvgIpc) is 2.05. The van der Waals surface area contributed by atoms with Gasteiger partial charge in [0.1, 0.15) is 0 Å². The number of hydrogen-bond acceptors (Lipinski definition) is 1. The minimum absolute atomic E-state index is 1.01. The Bertz CT molecular complexity index is 154. The van der Waals surface area contributed by atoms with E-state index in [0.717, 1.165) is 18.7 Å². The maximum absolute atomic E-state index is 3.70. The van der Waals surface area contributed by atoms with Gasteiger partial charge in [0.25, 0.3) is 0 Å². The second-order valence-corrected chi connectivity index (χ2v) is 2.28. The third-order valence-electron chi connectivity index (χ3n) is 1.27. The van der Waals surface area contributed by atoms with Crippen LogP contribution in [0.15, 0.2) is 36.6 Å². The second-order valence-electron chi connectivity index (χ2n) is 2.28. The van der Waals surface area contributed by atoms with Gasteiger partial charge in [-0.2, -0.15) is 0 Å². The van der Waals surface area contributed by atoms with Crippen molar-refractivity contribution >= 4 is 0 Å². The molecule has 0 radical (unpaired) electrons. The highest BCUT2D eigenvalue weighted by molar-refractivity contribution is 5.19. The van der Waals surface area contributed by atoms with Crippen LogP contribution in [-0.2, 0) is 0 Å². The Morgan fingerprint density at radius 2 is 2.27 bits per heavy atom. The van der Waals surface area contributed by atoms with Gasteiger partial charge in [-0.15, -0.1) is 0 Å². The molecule has 0 aliphatic carbocycles. The van der Waals surface area contributed by atoms with Crippen molar-refractivity contribution in [3.05, 3.63) is 36.6 Å². The standard InChI is InChI=1S/C10H17N/c1-4-7-8-10(6-3)11-9-5-2/h4,6-8,11H,3,5,9H2,1-2H3/b7-4-,10-8+. The normalized spacial score (nSPS) is 12.0. The molecule has 0 spiro atoms. The van der Waals surface area contributed by atoms with Crippen LogP contribution in [0.4, 0.5) is 0 Å². The molecule has 0 saturated heterocycles. The van der Waals surface area contributed by atoms with Crippen molar-refractivity contribution in [2.45, 2.75) is 20.3 Å². The van der Waals surface area contributed by atoms with Crippen molar-refractivity contribution < 1.29 is 0 Å². The molecule has 1 heteroatoms. The molecule has 0 aliphatic rings. The number of hydrogen-bond donors (Lipinski definition) is 1. The zero-order chi connectivity index (χ0) is 8.53. The fourth-order valence-electron chi connectivity index (χ4n) is 0.668. The van der Waals surface area contributed by atoms with E-state index in [2.05, 4.69) is 18.8 Å². The molecule has 0 heterocycles. The third-order valence-corrected chi connectivity index (χ3v) is 1.27. The summed E-state index contributed by atoms with van der Waals surface area (Å²) in [5, 5.41) is 3.25. The molecule has 0 rings (SSSR count). The maximum atomic E-state index is 3.70. The highest BCUT2D eigenvalue weighted by atomic mass is 14.9. The predicted molar refractivity (Wildman–Crippen MR) is 51.4 cm³/mol. The van der Waals surface area contributed by atoms with E-state index in [1.807, 2.05) is 31.2 Å². The first-order chi connectivity index (χ1) is 5.35. The van der Waals surface area contributed by atoms with E-state index in [-0.39, 0.29) is 0 Å². The average molecular weight is 151 g/mol. The Balaban J connectivity index is 3.83. The minimum atomic E-state index is 1.01. The molecule has 0 aliphatic heterocycles. The van der Waals surface area contributed by atoms with E-state index >= 15 is 0 Å². The fraction of sp³-hybridized carbons (Fsp3) is 0.400. The van der Waals surface area contributed by atoms with E-state index in [0.29, 0.717) is 0 Å². The van der Waals surface area contributed by atoms with Crippen LogP contribution < -0.4 is 5.32 Å². The maximum Gasteiger partial charge on any atom is 0.0334 e. The molecule has 0 aromatic heterocycles. The van der Waals surface area contributed by atoms with Gasteiger partial charge in [0.2, 0.25) is 0 Å². The quantitative estimate of drug-likeness (QED) is 0.596. The van der Waals surface area contributed by atoms with Crippen molar-refractivity contribution in [2.75, 3.05) is 6.54 Å².